The average molecular weight is 434 g/mol. The molecule has 0 radical (unpaired) electrons. The molecule has 2 aromatic heterocycles. The first kappa shape index (κ1) is 21.5. The Morgan fingerprint density at radius 3 is 2.47 bits per heavy atom. The minimum Gasteiger partial charge on any atom is -0.474 e. The highest BCUT2D eigenvalue weighted by Crippen LogP contribution is 2.26. The zero-order valence-corrected chi connectivity index (χ0v) is 18.3. The summed E-state index contributed by atoms with van der Waals surface area (Å²) in [6.07, 6.45) is 6.80. The molecule has 8 heteroatoms. The van der Waals surface area contributed by atoms with E-state index in [2.05, 4.69) is 10.1 Å². The van der Waals surface area contributed by atoms with Gasteiger partial charge in [0.15, 0.2) is 0 Å². The molecule has 3 aromatic rings. The van der Waals surface area contributed by atoms with Crippen molar-refractivity contribution in [2.75, 3.05) is 13.1 Å². The van der Waals surface area contributed by atoms with Gasteiger partial charge in [-0.05, 0) is 18.6 Å². The number of aromatic nitrogens is 3. The van der Waals surface area contributed by atoms with Crippen LogP contribution >= 0.6 is 0 Å². The van der Waals surface area contributed by atoms with Crippen LogP contribution in [0.1, 0.15) is 34.3 Å². The van der Waals surface area contributed by atoms with E-state index in [4.69, 9.17) is 10.5 Å². The van der Waals surface area contributed by atoms with Crippen molar-refractivity contribution < 1.29 is 14.3 Å². The summed E-state index contributed by atoms with van der Waals surface area (Å²) >= 11 is 0. The van der Waals surface area contributed by atoms with Crippen LogP contribution in [-0.4, -0.2) is 50.7 Å². The van der Waals surface area contributed by atoms with Crippen LogP contribution in [0.25, 0.3) is 11.1 Å². The molecule has 3 heterocycles. The first-order chi connectivity index (χ1) is 15.4. The minimum absolute atomic E-state index is 0.115. The maximum Gasteiger partial charge on any atom is 0.254 e. The molecule has 0 spiro atoms. The highest BCUT2D eigenvalue weighted by atomic mass is 16.5. The molecule has 1 fully saturated rings. The van der Waals surface area contributed by atoms with Crippen molar-refractivity contribution in [1.82, 2.24) is 19.7 Å². The molecule has 8 nitrogen and oxygen atoms in total. The number of aryl methyl sites for hydroxylation is 2. The Hall–Kier alpha value is -3.68. The largest absolute Gasteiger partial charge is 0.474 e. The highest BCUT2D eigenvalue weighted by molar-refractivity contribution is 5.96. The molecule has 1 saturated heterocycles. The zero-order valence-electron chi connectivity index (χ0n) is 18.3. The number of hydrogen-bond donors (Lipinski definition) is 1. The van der Waals surface area contributed by atoms with Gasteiger partial charge in [-0.2, -0.15) is 5.10 Å². The lowest BCUT2D eigenvalue weighted by atomic mass is 10.0. The Morgan fingerprint density at radius 2 is 1.84 bits per heavy atom. The fourth-order valence-corrected chi connectivity index (χ4v) is 3.82. The van der Waals surface area contributed by atoms with Crippen LogP contribution in [0.4, 0.5) is 0 Å². The lowest BCUT2D eigenvalue weighted by Crippen LogP contribution is -2.42. The van der Waals surface area contributed by atoms with Gasteiger partial charge in [-0.25, -0.2) is 4.98 Å². The van der Waals surface area contributed by atoms with Gasteiger partial charge < -0.3 is 15.4 Å². The molecule has 0 unspecified atom stereocenters. The van der Waals surface area contributed by atoms with Crippen molar-refractivity contribution in [2.24, 2.45) is 12.8 Å². The van der Waals surface area contributed by atoms with E-state index in [0.717, 1.165) is 16.7 Å². The van der Waals surface area contributed by atoms with Crippen molar-refractivity contribution in [3.05, 3.63) is 65.6 Å². The summed E-state index contributed by atoms with van der Waals surface area (Å²) in [5.74, 6) is -0.248. The summed E-state index contributed by atoms with van der Waals surface area (Å²) in [4.78, 5) is 30.9. The number of likely N-dealkylation sites (tertiary alicyclic amines) is 1. The van der Waals surface area contributed by atoms with Crippen LogP contribution in [0, 0.1) is 6.92 Å². The average Bonchev–Trinajstić information content (AvgIpc) is 3.22. The van der Waals surface area contributed by atoms with Gasteiger partial charge in [0.2, 0.25) is 11.8 Å². The topological polar surface area (TPSA) is 103 Å². The second-order valence-electron chi connectivity index (χ2n) is 8.20. The normalized spacial score (nSPS) is 14.4. The highest BCUT2D eigenvalue weighted by Gasteiger charge is 2.26. The molecular weight excluding hydrogens is 406 g/mol. The van der Waals surface area contributed by atoms with Gasteiger partial charge in [-0.3, -0.25) is 14.3 Å². The predicted molar refractivity (Wildman–Crippen MR) is 120 cm³/mol. The number of piperidine rings is 1. The Morgan fingerprint density at radius 1 is 1.12 bits per heavy atom. The molecule has 32 heavy (non-hydrogen) atoms. The standard InChI is InChI=1S/C24H27N5O3/c1-16-3-5-17(6-4-16)11-22(30)29-9-7-20(8-10-29)32-24-21(23(25)31)12-18(13-26-24)19-14-27-28(2)15-19/h3-6,12-15,20H,7-11H2,1-2H3,(H2,25,31). The first-order valence-electron chi connectivity index (χ1n) is 10.7. The molecule has 1 aliphatic rings. The van der Waals surface area contributed by atoms with E-state index < -0.39 is 5.91 Å². The molecule has 4 rings (SSSR count). The molecule has 0 bridgehead atoms. The summed E-state index contributed by atoms with van der Waals surface area (Å²) in [5.41, 5.74) is 9.61. The molecule has 0 saturated carbocycles. The van der Waals surface area contributed by atoms with Crippen molar-refractivity contribution in [1.29, 1.82) is 0 Å². The van der Waals surface area contributed by atoms with Gasteiger partial charge in [-0.1, -0.05) is 29.8 Å². The maximum atomic E-state index is 12.6. The van der Waals surface area contributed by atoms with Gasteiger partial charge in [0.25, 0.3) is 5.91 Å². The first-order valence-corrected chi connectivity index (χ1v) is 10.7. The molecule has 2 amide bonds. The number of rotatable bonds is 6. The van der Waals surface area contributed by atoms with Gasteiger partial charge in [0.05, 0.1) is 12.6 Å². The number of ether oxygens (including phenoxy) is 1. The number of nitrogens with zero attached hydrogens (tertiary/aromatic N) is 4. The summed E-state index contributed by atoms with van der Waals surface area (Å²) < 4.78 is 7.71. The summed E-state index contributed by atoms with van der Waals surface area (Å²) in [7, 11) is 1.82. The molecule has 1 aliphatic heterocycles. The maximum absolute atomic E-state index is 12.6. The van der Waals surface area contributed by atoms with Gasteiger partial charge in [0.1, 0.15) is 11.7 Å². The fourth-order valence-electron chi connectivity index (χ4n) is 3.82. The van der Waals surface area contributed by atoms with Crippen LogP contribution in [0.15, 0.2) is 48.9 Å². The third kappa shape index (κ3) is 4.96. The summed E-state index contributed by atoms with van der Waals surface area (Å²) in [5, 5.41) is 4.14. The molecule has 1 aromatic carbocycles. The van der Waals surface area contributed by atoms with Crippen LogP contribution in [0.5, 0.6) is 5.88 Å². The summed E-state index contributed by atoms with van der Waals surface area (Å²) in [6, 6.07) is 9.71. The molecule has 0 aliphatic carbocycles. The minimum atomic E-state index is -0.594. The second kappa shape index (κ2) is 9.21. The molecule has 0 atom stereocenters. The number of amides is 2. The second-order valence-corrected chi connectivity index (χ2v) is 8.20. The Balaban J connectivity index is 1.37. The van der Waals surface area contributed by atoms with Gasteiger partial charge >= 0.3 is 0 Å². The SMILES string of the molecule is Cc1ccc(CC(=O)N2CCC(Oc3ncc(-c4cnn(C)c4)cc3C(N)=O)CC2)cc1. The van der Waals surface area contributed by atoms with Crippen molar-refractivity contribution in [2.45, 2.75) is 32.3 Å². The zero-order chi connectivity index (χ0) is 22.7. The Kier molecular flexibility index (Phi) is 6.20. The van der Waals surface area contributed by atoms with Crippen LogP contribution in [-0.2, 0) is 18.3 Å². The smallest absolute Gasteiger partial charge is 0.254 e. The van der Waals surface area contributed by atoms with E-state index in [1.165, 1.54) is 5.56 Å². The van der Waals surface area contributed by atoms with E-state index in [9.17, 15) is 9.59 Å². The molecule has 166 valence electrons. The fraction of sp³-hybridized carbons (Fsp3) is 0.333. The monoisotopic (exact) mass is 433 g/mol. The van der Waals surface area contributed by atoms with E-state index in [0.29, 0.717) is 32.4 Å². The van der Waals surface area contributed by atoms with E-state index in [1.54, 1.807) is 23.1 Å². The number of carbonyl (C=O) groups excluding carboxylic acids is 2. The van der Waals surface area contributed by atoms with Crippen molar-refractivity contribution in [3.8, 4) is 17.0 Å². The molecule has 2 N–H and O–H groups in total. The van der Waals surface area contributed by atoms with Gasteiger partial charge in [0, 0.05) is 56.5 Å². The number of hydrogen-bond acceptors (Lipinski definition) is 5. The predicted octanol–water partition coefficient (Wildman–Crippen LogP) is 2.50. The third-order valence-electron chi connectivity index (χ3n) is 5.70. The van der Waals surface area contributed by atoms with Crippen LogP contribution in [0.3, 0.4) is 0 Å². The quantitative estimate of drug-likeness (QED) is 0.643. The number of carbonyl (C=O) groups is 2. The third-order valence-corrected chi connectivity index (χ3v) is 5.70. The lowest BCUT2D eigenvalue weighted by molar-refractivity contribution is -0.132. The Labute approximate surface area is 187 Å². The van der Waals surface area contributed by atoms with E-state index >= 15 is 0 Å². The number of benzene rings is 1. The Bertz CT molecular complexity index is 1110. The number of primary amides is 1. The van der Waals surface area contributed by atoms with E-state index in [1.807, 2.05) is 49.3 Å². The molecular formula is C24H27N5O3. The van der Waals surface area contributed by atoms with Crippen LogP contribution in [0.2, 0.25) is 0 Å². The van der Waals surface area contributed by atoms with Gasteiger partial charge in [-0.15, -0.1) is 0 Å². The lowest BCUT2D eigenvalue weighted by Gasteiger charge is -2.32. The van der Waals surface area contributed by atoms with Crippen LogP contribution < -0.4 is 10.5 Å². The number of nitrogens with two attached hydrogens (primary N) is 1. The van der Waals surface area contributed by atoms with Crippen molar-refractivity contribution >= 4 is 11.8 Å². The number of pyridine rings is 1. The van der Waals surface area contributed by atoms with Crippen molar-refractivity contribution in [3.63, 3.8) is 0 Å². The summed E-state index contributed by atoms with van der Waals surface area (Å²) in [6.45, 7) is 3.24. The van der Waals surface area contributed by atoms with E-state index in [-0.39, 0.29) is 23.5 Å².